The number of carbonyl (C=O) groups excluding carboxylic acids is 1. The van der Waals surface area contributed by atoms with Gasteiger partial charge in [0.15, 0.2) is 0 Å². The van der Waals surface area contributed by atoms with Gasteiger partial charge in [0.2, 0.25) is 0 Å². The van der Waals surface area contributed by atoms with Crippen LogP contribution in [0.3, 0.4) is 0 Å². The van der Waals surface area contributed by atoms with Crippen LogP contribution in [0.4, 0.5) is 5.69 Å². The van der Waals surface area contributed by atoms with Crippen LogP contribution in [0.2, 0.25) is 0 Å². The maximum absolute atomic E-state index is 10.7. The van der Waals surface area contributed by atoms with Crippen molar-refractivity contribution >= 4 is 27.9 Å². The Balaban J connectivity index is 1.92. The summed E-state index contributed by atoms with van der Waals surface area (Å²) >= 11 is 3.54. The molecule has 2 aromatic rings. The first kappa shape index (κ1) is 11.5. The summed E-state index contributed by atoms with van der Waals surface area (Å²) in [6.45, 7) is 1.85. The minimum atomic E-state index is 0.697. The van der Waals surface area contributed by atoms with Gasteiger partial charge in [0.1, 0.15) is 6.29 Å². The average Bonchev–Trinajstić information content (AvgIpc) is 2.81. The summed E-state index contributed by atoms with van der Waals surface area (Å²) in [7, 11) is 0. The van der Waals surface area contributed by atoms with Gasteiger partial charge < -0.3 is 4.90 Å². The Labute approximate surface area is 114 Å². The van der Waals surface area contributed by atoms with Crippen LogP contribution in [-0.2, 0) is 13.1 Å². The Hall–Kier alpha value is -1.61. The average molecular weight is 302 g/mol. The second-order valence-corrected chi connectivity index (χ2v) is 5.31. The Morgan fingerprint density at radius 2 is 1.72 bits per heavy atom. The van der Waals surface area contributed by atoms with E-state index in [1.807, 2.05) is 18.2 Å². The lowest BCUT2D eigenvalue weighted by Crippen LogP contribution is -2.15. The van der Waals surface area contributed by atoms with E-state index in [0.29, 0.717) is 5.56 Å². The lowest BCUT2D eigenvalue weighted by Gasteiger charge is -2.19. The highest BCUT2D eigenvalue weighted by Crippen LogP contribution is 2.33. The van der Waals surface area contributed by atoms with Gasteiger partial charge in [0, 0.05) is 23.1 Å². The maximum Gasteiger partial charge on any atom is 0.150 e. The zero-order valence-electron chi connectivity index (χ0n) is 9.77. The standard InChI is InChI=1S/C15H12BrNO/c16-14-7-11(10-18)5-6-15(14)17-8-12-3-1-2-4-13(12)9-17/h1-7,10H,8-9H2. The van der Waals surface area contributed by atoms with E-state index in [2.05, 4.69) is 45.1 Å². The smallest absolute Gasteiger partial charge is 0.150 e. The van der Waals surface area contributed by atoms with Gasteiger partial charge in [0.25, 0.3) is 0 Å². The van der Waals surface area contributed by atoms with Crippen LogP contribution in [0.25, 0.3) is 0 Å². The zero-order chi connectivity index (χ0) is 12.5. The van der Waals surface area contributed by atoms with E-state index in [9.17, 15) is 4.79 Å². The van der Waals surface area contributed by atoms with Crippen molar-refractivity contribution < 1.29 is 4.79 Å². The molecule has 2 nitrogen and oxygen atoms in total. The number of nitrogens with zero attached hydrogens (tertiary/aromatic N) is 1. The van der Waals surface area contributed by atoms with Crippen molar-refractivity contribution in [1.82, 2.24) is 0 Å². The number of benzene rings is 2. The minimum Gasteiger partial charge on any atom is -0.362 e. The quantitative estimate of drug-likeness (QED) is 0.787. The number of rotatable bonds is 2. The molecule has 3 heteroatoms. The molecule has 0 N–H and O–H groups in total. The molecule has 1 heterocycles. The molecule has 90 valence electrons. The van der Waals surface area contributed by atoms with Crippen LogP contribution >= 0.6 is 15.9 Å². The maximum atomic E-state index is 10.7. The molecule has 1 aliphatic heterocycles. The highest BCUT2D eigenvalue weighted by molar-refractivity contribution is 9.10. The van der Waals surface area contributed by atoms with Crippen LogP contribution in [0.15, 0.2) is 46.9 Å². The number of fused-ring (bicyclic) bond motifs is 1. The SMILES string of the molecule is O=Cc1ccc(N2Cc3ccccc3C2)c(Br)c1. The van der Waals surface area contributed by atoms with E-state index >= 15 is 0 Å². The molecule has 0 saturated carbocycles. The fraction of sp³-hybridized carbons (Fsp3) is 0.133. The molecular formula is C15H12BrNO. The van der Waals surface area contributed by atoms with Crippen LogP contribution in [0.5, 0.6) is 0 Å². The summed E-state index contributed by atoms with van der Waals surface area (Å²) in [6.07, 6.45) is 0.868. The molecule has 2 aromatic carbocycles. The zero-order valence-corrected chi connectivity index (χ0v) is 11.4. The predicted octanol–water partition coefficient (Wildman–Crippen LogP) is 3.78. The summed E-state index contributed by atoms with van der Waals surface area (Å²) in [6, 6.07) is 14.2. The van der Waals surface area contributed by atoms with Crippen molar-refractivity contribution in [1.29, 1.82) is 0 Å². The monoisotopic (exact) mass is 301 g/mol. The molecule has 0 amide bonds. The van der Waals surface area contributed by atoms with Gasteiger partial charge >= 0.3 is 0 Å². The van der Waals surface area contributed by atoms with Crippen LogP contribution < -0.4 is 4.90 Å². The molecule has 0 bridgehead atoms. The Kier molecular flexibility index (Phi) is 2.92. The van der Waals surface area contributed by atoms with Gasteiger partial charge in [-0.05, 0) is 45.3 Å². The fourth-order valence-electron chi connectivity index (χ4n) is 2.36. The van der Waals surface area contributed by atoms with Gasteiger partial charge in [-0.2, -0.15) is 0 Å². The third-order valence-corrected chi connectivity index (χ3v) is 3.92. The normalized spacial score (nSPS) is 13.5. The first-order chi connectivity index (χ1) is 8.78. The summed E-state index contributed by atoms with van der Waals surface area (Å²) in [5.41, 5.74) is 4.59. The van der Waals surface area contributed by atoms with Gasteiger partial charge in [-0.1, -0.05) is 24.3 Å². The van der Waals surface area contributed by atoms with Gasteiger partial charge in [-0.15, -0.1) is 0 Å². The van der Waals surface area contributed by atoms with Crippen LogP contribution in [0, 0.1) is 0 Å². The summed E-state index contributed by atoms with van der Waals surface area (Å²) < 4.78 is 0.972. The number of hydrogen-bond donors (Lipinski definition) is 0. The highest BCUT2D eigenvalue weighted by Gasteiger charge is 2.20. The van der Waals surface area contributed by atoms with E-state index in [4.69, 9.17) is 0 Å². The van der Waals surface area contributed by atoms with E-state index in [1.165, 1.54) is 11.1 Å². The molecule has 1 aliphatic rings. The Morgan fingerprint density at radius 1 is 1.06 bits per heavy atom. The predicted molar refractivity (Wildman–Crippen MR) is 75.9 cm³/mol. The van der Waals surface area contributed by atoms with E-state index in [-0.39, 0.29) is 0 Å². The largest absolute Gasteiger partial charge is 0.362 e. The molecule has 0 saturated heterocycles. The number of carbonyl (C=O) groups is 1. The molecule has 3 rings (SSSR count). The first-order valence-electron chi connectivity index (χ1n) is 5.84. The van der Waals surface area contributed by atoms with Crippen molar-refractivity contribution in [3.05, 3.63) is 63.6 Å². The van der Waals surface area contributed by atoms with E-state index in [1.54, 1.807) is 0 Å². The summed E-state index contributed by atoms with van der Waals surface area (Å²) in [5, 5.41) is 0. The molecule has 0 radical (unpaired) electrons. The molecule has 0 aromatic heterocycles. The molecule has 0 spiro atoms. The molecular weight excluding hydrogens is 290 g/mol. The highest BCUT2D eigenvalue weighted by atomic mass is 79.9. The molecule has 0 unspecified atom stereocenters. The van der Waals surface area contributed by atoms with Crippen molar-refractivity contribution in [3.63, 3.8) is 0 Å². The number of anilines is 1. The second kappa shape index (κ2) is 4.58. The van der Waals surface area contributed by atoms with Crippen molar-refractivity contribution in [2.24, 2.45) is 0 Å². The number of aldehydes is 1. The lowest BCUT2D eigenvalue weighted by atomic mass is 10.1. The third-order valence-electron chi connectivity index (χ3n) is 3.29. The number of hydrogen-bond acceptors (Lipinski definition) is 2. The van der Waals surface area contributed by atoms with E-state index in [0.717, 1.165) is 29.5 Å². The minimum absolute atomic E-state index is 0.697. The van der Waals surface area contributed by atoms with Gasteiger partial charge in [0.05, 0.1) is 5.69 Å². The molecule has 0 fully saturated rings. The van der Waals surface area contributed by atoms with Crippen molar-refractivity contribution in [2.45, 2.75) is 13.1 Å². The number of halogens is 1. The molecule has 0 atom stereocenters. The molecule has 0 aliphatic carbocycles. The fourth-order valence-corrected chi connectivity index (χ4v) is 3.00. The Morgan fingerprint density at radius 3 is 2.28 bits per heavy atom. The topological polar surface area (TPSA) is 20.3 Å². The first-order valence-corrected chi connectivity index (χ1v) is 6.63. The van der Waals surface area contributed by atoms with Gasteiger partial charge in [-0.3, -0.25) is 4.79 Å². The molecule has 18 heavy (non-hydrogen) atoms. The lowest BCUT2D eigenvalue weighted by molar-refractivity contribution is 0.112. The van der Waals surface area contributed by atoms with Crippen molar-refractivity contribution in [3.8, 4) is 0 Å². The second-order valence-electron chi connectivity index (χ2n) is 4.45. The van der Waals surface area contributed by atoms with Crippen LogP contribution in [0.1, 0.15) is 21.5 Å². The van der Waals surface area contributed by atoms with Crippen molar-refractivity contribution in [2.75, 3.05) is 4.90 Å². The van der Waals surface area contributed by atoms with Gasteiger partial charge in [-0.25, -0.2) is 0 Å². The van der Waals surface area contributed by atoms with Crippen LogP contribution in [-0.4, -0.2) is 6.29 Å². The summed E-state index contributed by atoms with van der Waals surface area (Å²) in [4.78, 5) is 13.0. The van der Waals surface area contributed by atoms with E-state index < -0.39 is 0 Å². The third kappa shape index (κ3) is 1.95. The summed E-state index contributed by atoms with van der Waals surface area (Å²) in [5.74, 6) is 0. The Bertz CT molecular complexity index is 584.